The first-order chi connectivity index (χ1) is 8.61. The van der Waals surface area contributed by atoms with Crippen molar-refractivity contribution in [3.05, 3.63) is 16.5 Å². The highest BCUT2D eigenvalue weighted by Gasteiger charge is 2.21. The van der Waals surface area contributed by atoms with Crippen LogP contribution in [0.15, 0.2) is 0 Å². The van der Waals surface area contributed by atoms with E-state index in [9.17, 15) is 4.79 Å². The lowest BCUT2D eigenvalue weighted by Gasteiger charge is -2.21. The number of nitrogens with two attached hydrogens (primary N) is 1. The molecule has 1 rings (SSSR count). The minimum Gasteiger partial charge on any atom is -0.370 e. The van der Waals surface area contributed by atoms with Crippen molar-refractivity contribution in [3.8, 4) is 0 Å². The quantitative estimate of drug-likeness (QED) is 0.832. The van der Waals surface area contributed by atoms with Crippen LogP contribution in [0.1, 0.15) is 45.5 Å². The van der Waals surface area contributed by atoms with Gasteiger partial charge in [0.25, 0.3) is 0 Å². The maximum Gasteiger partial charge on any atom is 0.219 e. The lowest BCUT2D eigenvalue weighted by Crippen LogP contribution is -2.26. The average Bonchev–Trinajstić information content (AvgIpc) is 2.21. The number of carbonyl (C=O) groups is 1. The van der Waals surface area contributed by atoms with Gasteiger partial charge in [0, 0.05) is 23.4 Å². The van der Waals surface area contributed by atoms with Gasteiger partial charge in [-0.05, 0) is 13.8 Å². The highest BCUT2D eigenvalue weighted by atomic mass is 35.5. The summed E-state index contributed by atoms with van der Waals surface area (Å²) in [5.41, 5.74) is 5.75. The minimum atomic E-state index is -0.353. The fraction of sp³-hybridized carbons (Fsp3) is 0.615. The Morgan fingerprint density at radius 2 is 2.00 bits per heavy atom. The number of carbonyl (C=O) groups excluding carboxylic acids is 1. The molecular formula is C13H21ClN4O. The van der Waals surface area contributed by atoms with E-state index in [-0.39, 0.29) is 23.8 Å². The monoisotopic (exact) mass is 284 g/mol. The number of nitrogens with zero attached hydrogens (tertiary/aromatic N) is 2. The number of nitrogens with one attached hydrogen (secondary N) is 1. The van der Waals surface area contributed by atoms with E-state index in [1.54, 1.807) is 0 Å². The van der Waals surface area contributed by atoms with Crippen LogP contribution in [0.3, 0.4) is 0 Å². The maximum absolute atomic E-state index is 10.9. The molecule has 19 heavy (non-hydrogen) atoms. The Morgan fingerprint density at radius 1 is 1.42 bits per heavy atom. The van der Waals surface area contributed by atoms with Crippen molar-refractivity contribution in [2.75, 3.05) is 5.32 Å². The molecule has 1 heterocycles. The van der Waals surface area contributed by atoms with E-state index in [1.165, 1.54) is 0 Å². The zero-order chi connectivity index (χ0) is 14.8. The first-order valence-corrected chi connectivity index (χ1v) is 6.58. The molecule has 1 aromatic heterocycles. The first-order valence-electron chi connectivity index (χ1n) is 6.20. The van der Waals surface area contributed by atoms with Crippen LogP contribution in [0.5, 0.6) is 0 Å². The van der Waals surface area contributed by atoms with Crippen LogP contribution in [0.2, 0.25) is 5.15 Å². The second-order valence-corrected chi connectivity index (χ2v) is 6.14. The molecule has 1 unspecified atom stereocenters. The third-order valence-electron chi connectivity index (χ3n) is 2.65. The molecule has 0 saturated heterocycles. The van der Waals surface area contributed by atoms with Gasteiger partial charge in [-0.25, -0.2) is 9.97 Å². The summed E-state index contributed by atoms with van der Waals surface area (Å²) in [5, 5.41) is 3.58. The predicted molar refractivity (Wildman–Crippen MR) is 77.4 cm³/mol. The van der Waals surface area contributed by atoms with Crippen molar-refractivity contribution in [1.82, 2.24) is 9.97 Å². The number of halogens is 1. The molecule has 1 atom stereocenters. The zero-order valence-corrected chi connectivity index (χ0v) is 12.8. The molecule has 6 heteroatoms. The van der Waals surface area contributed by atoms with Gasteiger partial charge in [-0.15, -0.1) is 0 Å². The number of aromatic nitrogens is 2. The Hall–Kier alpha value is -1.36. The maximum atomic E-state index is 10.9. The molecule has 0 bridgehead atoms. The predicted octanol–water partition coefficient (Wildman–Crippen LogP) is 2.41. The number of hydrogen-bond donors (Lipinski definition) is 2. The second-order valence-electron chi connectivity index (χ2n) is 5.78. The highest BCUT2D eigenvalue weighted by molar-refractivity contribution is 6.30. The Labute approximate surface area is 119 Å². The molecule has 0 radical (unpaired) electrons. The van der Waals surface area contributed by atoms with Gasteiger partial charge in [-0.1, -0.05) is 32.4 Å². The number of amides is 1. The second kappa shape index (κ2) is 5.74. The molecule has 0 aliphatic heterocycles. The van der Waals surface area contributed by atoms with Crippen LogP contribution in [0.4, 0.5) is 5.82 Å². The lowest BCUT2D eigenvalue weighted by molar-refractivity contribution is -0.118. The fourth-order valence-corrected chi connectivity index (χ4v) is 1.72. The van der Waals surface area contributed by atoms with Crippen LogP contribution >= 0.6 is 11.6 Å². The smallest absolute Gasteiger partial charge is 0.219 e. The molecule has 3 N–H and O–H groups in total. The average molecular weight is 285 g/mol. The van der Waals surface area contributed by atoms with Crippen LogP contribution in [0.25, 0.3) is 0 Å². The van der Waals surface area contributed by atoms with Crippen LogP contribution in [0, 0.1) is 6.92 Å². The van der Waals surface area contributed by atoms with Crippen LogP contribution < -0.4 is 11.1 Å². The van der Waals surface area contributed by atoms with Crippen LogP contribution in [-0.2, 0) is 10.2 Å². The summed E-state index contributed by atoms with van der Waals surface area (Å²) in [6, 6.07) is -0.102. The lowest BCUT2D eigenvalue weighted by atomic mass is 9.95. The standard InChI is InChI=1S/C13H21ClN4O/c1-7(6-9(15)19)16-11-8(2)10(14)17-12(18-11)13(3,4)5/h7H,6H2,1-5H3,(H2,15,19)(H,16,17,18). The summed E-state index contributed by atoms with van der Waals surface area (Å²) in [6.45, 7) is 9.77. The number of primary amides is 1. The van der Waals surface area contributed by atoms with Crippen molar-refractivity contribution >= 4 is 23.3 Å². The van der Waals surface area contributed by atoms with Crippen molar-refractivity contribution in [3.63, 3.8) is 0 Å². The molecular weight excluding hydrogens is 264 g/mol. The van der Waals surface area contributed by atoms with E-state index in [0.29, 0.717) is 16.8 Å². The SMILES string of the molecule is Cc1c(Cl)nc(C(C)(C)C)nc1NC(C)CC(N)=O. The molecule has 106 valence electrons. The van der Waals surface area contributed by atoms with Crippen molar-refractivity contribution in [2.45, 2.75) is 52.5 Å². The molecule has 1 amide bonds. The van der Waals surface area contributed by atoms with Gasteiger partial charge < -0.3 is 11.1 Å². The molecule has 0 spiro atoms. The molecule has 0 aliphatic carbocycles. The number of rotatable bonds is 4. The Balaban J connectivity index is 3.06. The van der Waals surface area contributed by atoms with Crippen LogP contribution in [-0.4, -0.2) is 21.9 Å². The molecule has 0 aromatic carbocycles. The van der Waals surface area contributed by atoms with E-state index < -0.39 is 0 Å². The zero-order valence-electron chi connectivity index (χ0n) is 12.0. The summed E-state index contributed by atoms with van der Waals surface area (Å²) in [7, 11) is 0. The normalized spacial score (nSPS) is 13.2. The summed E-state index contributed by atoms with van der Waals surface area (Å²) < 4.78 is 0. The van der Waals surface area contributed by atoms with E-state index in [4.69, 9.17) is 17.3 Å². The van der Waals surface area contributed by atoms with E-state index in [1.807, 2.05) is 34.6 Å². The Kier molecular flexibility index (Phi) is 4.74. The third-order valence-corrected chi connectivity index (χ3v) is 3.02. The summed E-state index contributed by atoms with van der Waals surface area (Å²) >= 11 is 6.13. The van der Waals surface area contributed by atoms with Gasteiger partial charge in [0.15, 0.2) is 0 Å². The number of anilines is 1. The molecule has 1 aromatic rings. The van der Waals surface area contributed by atoms with Gasteiger partial charge in [0.2, 0.25) is 5.91 Å². The molecule has 0 aliphatic rings. The van der Waals surface area contributed by atoms with Crippen molar-refractivity contribution in [1.29, 1.82) is 0 Å². The van der Waals surface area contributed by atoms with Crippen molar-refractivity contribution in [2.24, 2.45) is 5.73 Å². The van der Waals surface area contributed by atoms with Crippen molar-refractivity contribution < 1.29 is 4.79 Å². The van der Waals surface area contributed by atoms with Gasteiger partial charge >= 0.3 is 0 Å². The Morgan fingerprint density at radius 3 is 2.47 bits per heavy atom. The summed E-state index contributed by atoms with van der Waals surface area (Å²) in [6.07, 6.45) is 0.242. The molecule has 5 nitrogen and oxygen atoms in total. The topological polar surface area (TPSA) is 80.9 Å². The summed E-state index contributed by atoms with van der Waals surface area (Å²) in [4.78, 5) is 19.7. The van der Waals surface area contributed by atoms with Gasteiger partial charge in [-0.2, -0.15) is 0 Å². The van der Waals surface area contributed by atoms with E-state index in [0.717, 1.165) is 5.56 Å². The highest BCUT2D eigenvalue weighted by Crippen LogP contribution is 2.26. The number of hydrogen-bond acceptors (Lipinski definition) is 4. The first kappa shape index (κ1) is 15.7. The molecule has 0 fully saturated rings. The minimum absolute atomic E-state index is 0.102. The van der Waals surface area contributed by atoms with Gasteiger partial charge in [-0.3, -0.25) is 4.79 Å². The van der Waals surface area contributed by atoms with E-state index in [2.05, 4.69) is 15.3 Å². The van der Waals surface area contributed by atoms with E-state index >= 15 is 0 Å². The fourth-order valence-electron chi connectivity index (χ4n) is 1.55. The summed E-state index contributed by atoms with van der Waals surface area (Å²) in [5.74, 6) is 0.962. The van der Waals surface area contributed by atoms with Gasteiger partial charge in [0.05, 0.1) is 0 Å². The third kappa shape index (κ3) is 4.35. The molecule has 0 saturated carbocycles. The Bertz CT molecular complexity index is 482. The largest absolute Gasteiger partial charge is 0.370 e. The van der Waals surface area contributed by atoms with Gasteiger partial charge in [0.1, 0.15) is 16.8 Å².